The first kappa shape index (κ1) is 13.6. The molecule has 1 amide bonds. The average molecular weight is 295 g/mol. The Balaban J connectivity index is 1.53. The second-order valence-electron chi connectivity index (χ2n) is 6.36. The quantitative estimate of drug-likeness (QED) is 0.873. The molecule has 1 aromatic heterocycles. The summed E-state index contributed by atoms with van der Waals surface area (Å²) in [5, 5.41) is 4.27. The van der Waals surface area contributed by atoms with E-state index in [1.165, 1.54) is 17.5 Å². The van der Waals surface area contributed by atoms with E-state index in [0.29, 0.717) is 0 Å². The highest BCUT2D eigenvalue weighted by molar-refractivity contribution is 5.95. The minimum absolute atomic E-state index is 0.185. The number of fused-ring (bicyclic) bond motifs is 1. The number of likely N-dealkylation sites (tertiary alicyclic amines) is 1. The number of carbonyl (C=O) groups is 1. The molecule has 2 heterocycles. The Morgan fingerprint density at radius 2 is 2.14 bits per heavy atom. The summed E-state index contributed by atoms with van der Waals surface area (Å²) in [6, 6.07) is 8.47. The molecule has 0 radical (unpaired) electrons. The van der Waals surface area contributed by atoms with Crippen molar-refractivity contribution in [2.75, 3.05) is 6.54 Å². The smallest absolute Gasteiger partial charge is 0.254 e. The largest absolute Gasteiger partial charge is 0.334 e. The second kappa shape index (κ2) is 5.59. The van der Waals surface area contributed by atoms with Gasteiger partial charge in [0.25, 0.3) is 5.91 Å². The Hall–Kier alpha value is -2.10. The van der Waals surface area contributed by atoms with Gasteiger partial charge >= 0.3 is 0 Å². The fourth-order valence-electron chi connectivity index (χ4n) is 3.79. The summed E-state index contributed by atoms with van der Waals surface area (Å²) in [7, 11) is 0. The highest BCUT2D eigenvalue weighted by Crippen LogP contribution is 2.26. The summed E-state index contributed by atoms with van der Waals surface area (Å²) in [6.07, 6.45) is 9.42. The van der Waals surface area contributed by atoms with Crippen LogP contribution in [-0.4, -0.2) is 33.2 Å². The van der Waals surface area contributed by atoms with Gasteiger partial charge in [0.05, 0.1) is 12.6 Å². The van der Waals surface area contributed by atoms with E-state index in [1.54, 1.807) is 6.20 Å². The van der Waals surface area contributed by atoms with E-state index in [1.807, 2.05) is 27.9 Å². The molecule has 4 rings (SSSR count). The molecular weight excluding hydrogens is 274 g/mol. The Kier molecular flexibility index (Phi) is 3.45. The van der Waals surface area contributed by atoms with Crippen molar-refractivity contribution in [3.05, 3.63) is 53.3 Å². The Morgan fingerprint density at radius 3 is 3.00 bits per heavy atom. The van der Waals surface area contributed by atoms with Crippen LogP contribution in [0.15, 0.2) is 36.7 Å². The number of rotatable bonds is 3. The third kappa shape index (κ3) is 2.43. The molecule has 4 heteroatoms. The van der Waals surface area contributed by atoms with Gasteiger partial charge in [0.1, 0.15) is 0 Å². The fourth-order valence-corrected chi connectivity index (χ4v) is 3.79. The number of aryl methyl sites for hydroxylation is 2. The molecule has 1 fully saturated rings. The number of amides is 1. The molecule has 0 N–H and O–H groups in total. The number of benzene rings is 1. The van der Waals surface area contributed by atoms with Crippen LogP contribution in [0.3, 0.4) is 0 Å². The number of carbonyl (C=O) groups excluding carboxylic acids is 1. The van der Waals surface area contributed by atoms with Crippen molar-refractivity contribution < 1.29 is 4.79 Å². The van der Waals surface area contributed by atoms with Crippen molar-refractivity contribution in [3.63, 3.8) is 0 Å². The number of nitrogens with zero attached hydrogens (tertiary/aromatic N) is 3. The molecule has 2 aliphatic rings. The lowest BCUT2D eigenvalue weighted by molar-refractivity contribution is 0.0721. The molecule has 0 bridgehead atoms. The third-order valence-corrected chi connectivity index (χ3v) is 4.94. The summed E-state index contributed by atoms with van der Waals surface area (Å²) in [6.45, 7) is 1.66. The zero-order valence-corrected chi connectivity index (χ0v) is 12.7. The molecule has 114 valence electrons. The van der Waals surface area contributed by atoms with Crippen molar-refractivity contribution in [2.45, 2.75) is 44.7 Å². The van der Waals surface area contributed by atoms with Gasteiger partial charge in [0, 0.05) is 24.5 Å². The Morgan fingerprint density at radius 1 is 1.23 bits per heavy atom. The first-order valence-corrected chi connectivity index (χ1v) is 8.21. The molecular formula is C18H21N3O. The molecule has 1 aliphatic heterocycles. The molecule has 1 aromatic carbocycles. The number of hydrogen-bond acceptors (Lipinski definition) is 2. The van der Waals surface area contributed by atoms with Crippen molar-refractivity contribution in [1.82, 2.24) is 14.7 Å². The molecule has 1 aliphatic carbocycles. The van der Waals surface area contributed by atoms with Gasteiger partial charge in [-0.25, -0.2) is 0 Å². The number of aromatic nitrogens is 2. The molecule has 4 nitrogen and oxygen atoms in total. The first-order valence-electron chi connectivity index (χ1n) is 8.21. The van der Waals surface area contributed by atoms with Gasteiger partial charge in [-0.3, -0.25) is 9.48 Å². The molecule has 1 unspecified atom stereocenters. The lowest BCUT2D eigenvalue weighted by Gasteiger charge is -2.25. The summed E-state index contributed by atoms with van der Waals surface area (Å²) in [4.78, 5) is 14.9. The third-order valence-electron chi connectivity index (χ3n) is 4.94. The molecule has 22 heavy (non-hydrogen) atoms. The van der Waals surface area contributed by atoms with Crippen LogP contribution in [0.4, 0.5) is 0 Å². The van der Waals surface area contributed by atoms with Gasteiger partial charge < -0.3 is 4.90 Å². The van der Waals surface area contributed by atoms with Gasteiger partial charge in [0.15, 0.2) is 0 Å². The predicted octanol–water partition coefficient (Wildman–Crippen LogP) is 2.68. The van der Waals surface area contributed by atoms with Gasteiger partial charge in [-0.15, -0.1) is 0 Å². The van der Waals surface area contributed by atoms with Crippen molar-refractivity contribution >= 4 is 5.91 Å². The molecule has 2 aromatic rings. The number of hydrogen-bond donors (Lipinski definition) is 0. The monoisotopic (exact) mass is 295 g/mol. The van der Waals surface area contributed by atoms with Crippen LogP contribution < -0.4 is 0 Å². The predicted molar refractivity (Wildman–Crippen MR) is 84.8 cm³/mol. The average Bonchev–Trinajstić information content (AvgIpc) is 3.27. The van der Waals surface area contributed by atoms with Crippen molar-refractivity contribution in [3.8, 4) is 0 Å². The minimum Gasteiger partial charge on any atom is -0.334 e. The maximum absolute atomic E-state index is 12.9. The van der Waals surface area contributed by atoms with E-state index in [9.17, 15) is 4.79 Å². The lowest BCUT2D eigenvalue weighted by atomic mass is 10.1. The van der Waals surface area contributed by atoms with Crippen LogP contribution in [0, 0.1) is 0 Å². The van der Waals surface area contributed by atoms with Crippen LogP contribution in [-0.2, 0) is 19.4 Å². The van der Waals surface area contributed by atoms with Gasteiger partial charge in [-0.05, 0) is 61.4 Å². The van der Waals surface area contributed by atoms with E-state index < -0.39 is 0 Å². The van der Waals surface area contributed by atoms with Crippen LogP contribution in [0.25, 0.3) is 0 Å². The maximum atomic E-state index is 12.9. The Labute approximate surface area is 130 Å². The lowest BCUT2D eigenvalue weighted by Crippen LogP contribution is -2.38. The second-order valence-corrected chi connectivity index (χ2v) is 6.36. The molecule has 0 saturated carbocycles. The van der Waals surface area contributed by atoms with Crippen LogP contribution >= 0.6 is 0 Å². The van der Waals surface area contributed by atoms with Crippen molar-refractivity contribution in [2.24, 2.45) is 0 Å². The fraction of sp³-hybridized carbons (Fsp3) is 0.444. The molecule has 1 saturated heterocycles. The van der Waals surface area contributed by atoms with Gasteiger partial charge in [-0.1, -0.05) is 6.07 Å². The van der Waals surface area contributed by atoms with Crippen molar-refractivity contribution in [1.29, 1.82) is 0 Å². The minimum atomic E-state index is 0.185. The molecule has 1 atom stereocenters. The summed E-state index contributed by atoms with van der Waals surface area (Å²) in [5.74, 6) is 0.185. The van der Waals surface area contributed by atoms with Gasteiger partial charge in [-0.2, -0.15) is 5.10 Å². The van der Waals surface area contributed by atoms with Crippen LogP contribution in [0.1, 0.15) is 40.7 Å². The highest BCUT2D eigenvalue weighted by Gasteiger charge is 2.30. The van der Waals surface area contributed by atoms with Crippen LogP contribution in [0.5, 0.6) is 0 Å². The van der Waals surface area contributed by atoms with E-state index >= 15 is 0 Å². The zero-order valence-electron chi connectivity index (χ0n) is 12.7. The van der Waals surface area contributed by atoms with E-state index in [4.69, 9.17) is 0 Å². The summed E-state index contributed by atoms with van der Waals surface area (Å²) < 4.78 is 1.93. The first-order chi connectivity index (χ1) is 10.8. The zero-order chi connectivity index (χ0) is 14.9. The molecule has 0 spiro atoms. The van der Waals surface area contributed by atoms with Crippen LogP contribution in [0.2, 0.25) is 0 Å². The summed E-state index contributed by atoms with van der Waals surface area (Å²) >= 11 is 0. The van der Waals surface area contributed by atoms with Gasteiger partial charge in [0.2, 0.25) is 0 Å². The summed E-state index contributed by atoms with van der Waals surface area (Å²) in [5.41, 5.74) is 3.65. The standard InChI is InChI=1S/C18H21N3O/c22-18(16-8-7-14-4-1-5-15(14)12-16)21-11-2-6-17(21)13-20-10-3-9-19-20/h3,7-10,12,17H,1-2,4-6,11,13H2. The Bertz CT molecular complexity index is 678. The van der Waals surface area contributed by atoms with E-state index in [2.05, 4.69) is 17.2 Å². The SMILES string of the molecule is O=C(c1ccc2c(c1)CCC2)N1CCCC1Cn1cccn1. The normalized spacial score (nSPS) is 20.4. The highest BCUT2D eigenvalue weighted by atomic mass is 16.2. The maximum Gasteiger partial charge on any atom is 0.254 e. The van der Waals surface area contributed by atoms with E-state index in [0.717, 1.165) is 44.3 Å². The topological polar surface area (TPSA) is 38.1 Å². The van der Waals surface area contributed by atoms with E-state index in [-0.39, 0.29) is 11.9 Å².